The molecule has 5 nitrogen and oxygen atoms in total. The lowest BCUT2D eigenvalue weighted by Crippen LogP contribution is -2.30. The van der Waals surface area contributed by atoms with Crippen LogP contribution in [0.5, 0.6) is 5.75 Å². The van der Waals surface area contributed by atoms with Gasteiger partial charge in [-0.15, -0.1) is 0 Å². The van der Waals surface area contributed by atoms with Gasteiger partial charge in [0.1, 0.15) is 5.75 Å². The van der Waals surface area contributed by atoms with Gasteiger partial charge >= 0.3 is 5.97 Å². The molecule has 0 fully saturated rings. The van der Waals surface area contributed by atoms with Crippen molar-refractivity contribution in [3.63, 3.8) is 0 Å². The van der Waals surface area contributed by atoms with E-state index in [9.17, 15) is 9.59 Å². The number of hydrogen-bond donors (Lipinski definition) is 2. The first-order chi connectivity index (χ1) is 14.6. The Labute approximate surface area is 176 Å². The van der Waals surface area contributed by atoms with Gasteiger partial charge in [-0.1, -0.05) is 78.9 Å². The fourth-order valence-corrected chi connectivity index (χ4v) is 3.29. The van der Waals surface area contributed by atoms with Gasteiger partial charge in [0, 0.05) is 6.42 Å². The summed E-state index contributed by atoms with van der Waals surface area (Å²) < 4.78 is 5.33. The van der Waals surface area contributed by atoms with E-state index >= 15 is 0 Å². The molecule has 0 spiro atoms. The summed E-state index contributed by atoms with van der Waals surface area (Å²) in [5, 5.41) is 12.0. The van der Waals surface area contributed by atoms with E-state index in [1.807, 2.05) is 60.7 Å². The number of para-hydroxylation sites is 1. The minimum atomic E-state index is -1.03. The van der Waals surface area contributed by atoms with Crippen LogP contribution in [-0.4, -0.2) is 23.6 Å². The number of aryl methyl sites for hydroxylation is 1. The fourth-order valence-electron chi connectivity index (χ4n) is 3.29. The van der Waals surface area contributed by atoms with Gasteiger partial charge in [-0.3, -0.25) is 4.79 Å². The maximum absolute atomic E-state index is 12.7. The normalized spacial score (nSPS) is 11.5. The first-order valence-corrected chi connectivity index (χ1v) is 9.92. The fraction of sp³-hybridized carbons (Fsp3) is 0.200. The van der Waals surface area contributed by atoms with Gasteiger partial charge in [0.05, 0.1) is 6.04 Å². The van der Waals surface area contributed by atoms with Gasteiger partial charge in [0.25, 0.3) is 0 Å². The van der Waals surface area contributed by atoms with Crippen LogP contribution in [0.15, 0.2) is 84.9 Å². The molecule has 3 aromatic carbocycles. The molecule has 0 radical (unpaired) electrons. The second kappa shape index (κ2) is 10.8. The van der Waals surface area contributed by atoms with Crippen molar-refractivity contribution < 1.29 is 19.4 Å². The molecule has 0 saturated carbocycles. The number of benzene rings is 3. The van der Waals surface area contributed by atoms with Crippen molar-refractivity contribution in [3.05, 3.63) is 102 Å². The van der Waals surface area contributed by atoms with Crippen molar-refractivity contribution in [1.29, 1.82) is 0 Å². The molecule has 1 atom stereocenters. The number of amides is 1. The maximum atomic E-state index is 12.7. The van der Waals surface area contributed by atoms with Crippen LogP contribution in [0.2, 0.25) is 0 Å². The summed E-state index contributed by atoms with van der Waals surface area (Å²) in [7, 11) is 0. The Balaban J connectivity index is 1.64. The third-order valence-corrected chi connectivity index (χ3v) is 4.76. The molecular formula is C25H25NO4. The molecule has 5 heteroatoms. The number of carboxylic acid groups (broad SMARTS) is 1. The molecule has 3 aromatic rings. The molecule has 30 heavy (non-hydrogen) atoms. The number of carbonyl (C=O) groups is 2. The summed E-state index contributed by atoms with van der Waals surface area (Å²) in [5.74, 6) is -0.599. The molecule has 1 amide bonds. The lowest BCUT2D eigenvalue weighted by molar-refractivity contribution is -0.139. The van der Waals surface area contributed by atoms with E-state index in [0.717, 1.165) is 16.7 Å². The van der Waals surface area contributed by atoms with Crippen molar-refractivity contribution in [2.45, 2.75) is 25.3 Å². The van der Waals surface area contributed by atoms with E-state index in [0.29, 0.717) is 18.6 Å². The molecule has 154 valence electrons. The molecule has 2 N–H and O–H groups in total. The maximum Gasteiger partial charge on any atom is 0.341 e. The summed E-state index contributed by atoms with van der Waals surface area (Å²) >= 11 is 0. The van der Waals surface area contributed by atoms with E-state index < -0.39 is 12.6 Å². The number of hydrogen-bond acceptors (Lipinski definition) is 3. The van der Waals surface area contributed by atoms with E-state index in [1.165, 1.54) is 0 Å². The van der Waals surface area contributed by atoms with Crippen LogP contribution in [0.1, 0.15) is 29.2 Å². The van der Waals surface area contributed by atoms with Gasteiger partial charge < -0.3 is 15.2 Å². The molecule has 0 aliphatic rings. The zero-order valence-corrected chi connectivity index (χ0v) is 16.7. The summed E-state index contributed by atoms with van der Waals surface area (Å²) in [4.78, 5) is 23.5. The number of rotatable bonds is 10. The summed E-state index contributed by atoms with van der Waals surface area (Å²) in [5.41, 5.74) is 3.02. The molecule has 0 aliphatic carbocycles. The topological polar surface area (TPSA) is 75.6 Å². The second-order valence-corrected chi connectivity index (χ2v) is 7.01. The monoisotopic (exact) mass is 403 g/mol. The van der Waals surface area contributed by atoms with Gasteiger partial charge in [-0.05, 0) is 35.6 Å². The highest BCUT2D eigenvalue weighted by molar-refractivity contribution is 5.77. The van der Waals surface area contributed by atoms with E-state index in [4.69, 9.17) is 9.84 Å². The Kier molecular flexibility index (Phi) is 7.61. The molecule has 1 unspecified atom stereocenters. The lowest BCUT2D eigenvalue weighted by atomic mass is 9.98. The van der Waals surface area contributed by atoms with E-state index in [1.54, 1.807) is 12.1 Å². The number of carbonyl (C=O) groups excluding carboxylic acids is 1. The predicted molar refractivity (Wildman–Crippen MR) is 115 cm³/mol. The molecular weight excluding hydrogens is 378 g/mol. The minimum absolute atomic E-state index is 0.0622. The van der Waals surface area contributed by atoms with Crippen molar-refractivity contribution >= 4 is 11.9 Å². The van der Waals surface area contributed by atoms with E-state index in [-0.39, 0.29) is 18.4 Å². The average Bonchev–Trinajstić information content (AvgIpc) is 2.77. The summed E-state index contributed by atoms with van der Waals surface area (Å²) in [6.45, 7) is -0.406. The SMILES string of the molecule is O=C(O)COc1ccccc1CCC(=O)NC(Cc1ccccc1)c1ccccc1. The van der Waals surface area contributed by atoms with Crippen LogP contribution >= 0.6 is 0 Å². The summed E-state index contributed by atoms with van der Waals surface area (Å²) in [6.07, 6.45) is 1.45. The molecule has 0 saturated heterocycles. The third kappa shape index (κ3) is 6.48. The summed E-state index contributed by atoms with van der Waals surface area (Å²) in [6, 6.07) is 27.1. The smallest absolute Gasteiger partial charge is 0.341 e. The van der Waals surface area contributed by atoms with Gasteiger partial charge in [-0.2, -0.15) is 0 Å². The van der Waals surface area contributed by atoms with Crippen LogP contribution in [-0.2, 0) is 22.4 Å². The Morgan fingerprint density at radius 3 is 2.20 bits per heavy atom. The zero-order chi connectivity index (χ0) is 21.2. The van der Waals surface area contributed by atoms with Crippen LogP contribution in [0, 0.1) is 0 Å². The zero-order valence-electron chi connectivity index (χ0n) is 16.7. The van der Waals surface area contributed by atoms with Crippen molar-refractivity contribution in [3.8, 4) is 5.75 Å². The molecule has 0 bridgehead atoms. The first-order valence-electron chi connectivity index (χ1n) is 9.92. The number of ether oxygens (including phenoxy) is 1. The van der Waals surface area contributed by atoms with Crippen molar-refractivity contribution in [2.75, 3.05) is 6.61 Å². The molecule has 0 heterocycles. The highest BCUT2D eigenvalue weighted by Gasteiger charge is 2.16. The second-order valence-electron chi connectivity index (χ2n) is 7.01. The Morgan fingerprint density at radius 1 is 0.867 bits per heavy atom. The minimum Gasteiger partial charge on any atom is -0.482 e. The Hall–Kier alpha value is -3.60. The standard InChI is InChI=1S/C25H25NO4/c27-24(16-15-21-13-7-8-14-23(21)30-18-25(28)29)26-22(20-11-5-2-6-12-20)17-19-9-3-1-4-10-19/h1-14,22H,15-18H2,(H,26,27)(H,28,29). The molecule has 0 aliphatic heterocycles. The van der Waals surface area contributed by atoms with Crippen molar-refractivity contribution in [1.82, 2.24) is 5.32 Å². The van der Waals surface area contributed by atoms with Crippen LogP contribution < -0.4 is 10.1 Å². The highest BCUT2D eigenvalue weighted by Crippen LogP contribution is 2.21. The first kappa shape index (κ1) is 21.1. The Bertz CT molecular complexity index is 957. The Morgan fingerprint density at radius 2 is 1.50 bits per heavy atom. The molecule has 0 aromatic heterocycles. The number of aliphatic carboxylic acids is 1. The van der Waals surface area contributed by atoms with Gasteiger partial charge in [0.2, 0.25) is 5.91 Å². The average molecular weight is 403 g/mol. The van der Waals surface area contributed by atoms with Crippen LogP contribution in [0.25, 0.3) is 0 Å². The van der Waals surface area contributed by atoms with Crippen LogP contribution in [0.3, 0.4) is 0 Å². The van der Waals surface area contributed by atoms with E-state index in [2.05, 4.69) is 17.4 Å². The predicted octanol–water partition coefficient (Wildman–Crippen LogP) is 4.18. The van der Waals surface area contributed by atoms with Gasteiger partial charge in [0.15, 0.2) is 6.61 Å². The van der Waals surface area contributed by atoms with Gasteiger partial charge in [-0.25, -0.2) is 4.79 Å². The highest BCUT2D eigenvalue weighted by atomic mass is 16.5. The number of nitrogens with one attached hydrogen (secondary N) is 1. The van der Waals surface area contributed by atoms with Crippen LogP contribution in [0.4, 0.5) is 0 Å². The molecule has 3 rings (SSSR count). The lowest BCUT2D eigenvalue weighted by Gasteiger charge is -2.20. The largest absolute Gasteiger partial charge is 0.482 e. The van der Waals surface area contributed by atoms with Crippen molar-refractivity contribution in [2.24, 2.45) is 0 Å². The third-order valence-electron chi connectivity index (χ3n) is 4.76. The number of carboxylic acids is 1. The quantitative estimate of drug-likeness (QED) is 0.532.